The lowest BCUT2D eigenvalue weighted by Crippen LogP contribution is -2.30. The van der Waals surface area contributed by atoms with Crippen LogP contribution >= 0.6 is 11.9 Å². The van der Waals surface area contributed by atoms with Crippen LogP contribution in [0.15, 0.2) is 30.7 Å². The normalized spacial score (nSPS) is 19.5. The van der Waals surface area contributed by atoms with E-state index in [1.54, 1.807) is 0 Å². The summed E-state index contributed by atoms with van der Waals surface area (Å²) in [5.74, 6) is 2.52. The van der Waals surface area contributed by atoms with E-state index >= 15 is 0 Å². The molecule has 1 N–H and O–H groups in total. The van der Waals surface area contributed by atoms with Gasteiger partial charge in [-0.05, 0) is 42.4 Å². The number of piperidine rings is 1. The largest absolute Gasteiger partial charge is 0.360 e. The van der Waals surface area contributed by atoms with E-state index in [0.717, 1.165) is 23.6 Å². The fourth-order valence-corrected chi connectivity index (χ4v) is 4.65. The summed E-state index contributed by atoms with van der Waals surface area (Å²) in [6, 6.07) is 4.35. The van der Waals surface area contributed by atoms with Gasteiger partial charge in [0.05, 0.1) is 11.7 Å². The minimum atomic E-state index is 0.580. The minimum absolute atomic E-state index is 0.580. The molecule has 1 fully saturated rings. The summed E-state index contributed by atoms with van der Waals surface area (Å²) in [5.41, 5.74) is 3.41. The van der Waals surface area contributed by atoms with Crippen molar-refractivity contribution in [3.8, 4) is 0 Å². The quantitative estimate of drug-likeness (QED) is 0.705. The van der Waals surface area contributed by atoms with Crippen LogP contribution in [0.4, 0.5) is 0 Å². The average Bonchev–Trinajstić information content (AvgIpc) is 3.08. The lowest BCUT2D eigenvalue weighted by molar-refractivity contribution is 0.343. The summed E-state index contributed by atoms with van der Waals surface area (Å²) in [4.78, 5) is 12.2. The Morgan fingerprint density at radius 2 is 2.25 bits per heavy atom. The Bertz CT molecular complexity index is 842. The van der Waals surface area contributed by atoms with Gasteiger partial charge in [-0.1, -0.05) is 25.8 Å². The molecule has 1 saturated heterocycles. The molecule has 24 heavy (non-hydrogen) atoms. The predicted molar refractivity (Wildman–Crippen MR) is 102 cm³/mol. The third-order valence-corrected chi connectivity index (χ3v) is 6.25. The first-order chi connectivity index (χ1) is 11.7. The van der Waals surface area contributed by atoms with E-state index < -0.39 is 0 Å². The molecule has 0 saturated carbocycles. The first-order valence-electron chi connectivity index (χ1n) is 8.81. The van der Waals surface area contributed by atoms with Gasteiger partial charge >= 0.3 is 0 Å². The van der Waals surface area contributed by atoms with Crippen molar-refractivity contribution in [3.05, 3.63) is 36.3 Å². The number of hydrogen-bond donors (Lipinski definition) is 1. The minimum Gasteiger partial charge on any atom is -0.360 e. The van der Waals surface area contributed by atoms with Gasteiger partial charge in [0.1, 0.15) is 0 Å². The van der Waals surface area contributed by atoms with Crippen LogP contribution in [-0.2, 0) is 0 Å². The molecule has 0 aromatic carbocycles. The van der Waals surface area contributed by atoms with Crippen molar-refractivity contribution in [3.63, 3.8) is 0 Å². The Labute approximate surface area is 147 Å². The first kappa shape index (κ1) is 15.9. The molecule has 126 valence electrons. The van der Waals surface area contributed by atoms with Crippen LogP contribution in [0.2, 0.25) is 0 Å². The Morgan fingerprint density at radius 1 is 1.33 bits per heavy atom. The van der Waals surface area contributed by atoms with Gasteiger partial charge in [0.25, 0.3) is 0 Å². The lowest BCUT2D eigenvalue weighted by Gasteiger charge is -2.33. The molecule has 1 aliphatic heterocycles. The Kier molecular flexibility index (Phi) is 4.46. The van der Waals surface area contributed by atoms with Gasteiger partial charge in [0.2, 0.25) is 0 Å². The SMILES string of the molecule is CC(C)CSN1CCCC(c2cc[nH]c3cnc4nccc4c23)C1. The van der Waals surface area contributed by atoms with E-state index in [-0.39, 0.29) is 0 Å². The number of aromatic amines is 1. The maximum atomic E-state index is 4.46. The van der Waals surface area contributed by atoms with Crippen molar-refractivity contribution in [1.82, 2.24) is 19.3 Å². The molecule has 4 rings (SSSR count). The Balaban J connectivity index is 1.69. The molecule has 3 aromatic rings. The number of H-pyrrole nitrogens is 1. The summed E-state index contributed by atoms with van der Waals surface area (Å²) in [7, 11) is 0. The van der Waals surface area contributed by atoms with Gasteiger partial charge in [-0.15, -0.1) is 0 Å². The van der Waals surface area contributed by atoms with E-state index in [0.29, 0.717) is 5.92 Å². The standard InChI is InChI=1S/C19H24N4S/c1-13(2)12-24-23-9-3-4-14(11-23)15-5-7-20-17-10-22-19-16(18(15)17)6-8-21-19/h5-8,10,13-14,20H,3-4,9,11-12H2,1-2H3. The van der Waals surface area contributed by atoms with E-state index in [2.05, 4.69) is 51.4 Å². The molecule has 0 bridgehead atoms. The van der Waals surface area contributed by atoms with Crippen LogP contribution in [0, 0.1) is 5.92 Å². The van der Waals surface area contributed by atoms with Crippen molar-refractivity contribution >= 4 is 33.9 Å². The third kappa shape index (κ3) is 3.03. The highest BCUT2D eigenvalue weighted by atomic mass is 32.2. The van der Waals surface area contributed by atoms with Crippen molar-refractivity contribution in [2.24, 2.45) is 5.92 Å². The van der Waals surface area contributed by atoms with E-state index in [4.69, 9.17) is 0 Å². The van der Waals surface area contributed by atoms with Crippen molar-refractivity contribution < 1.29 is 0 Å². The third-order valence-electron chi connectivity index (χ3n) is 4.74. The molecule has 4 nitrogen and oxygen atoms in total. The summed E-state index contributed by atoms with van der Waals surface area (Å²) in [5, 5.41) is 2.48. The number of pyridine rings is 2. The van der Waals surface area contributed by atoms with Crippen LogP contribution in [0.25, 0.3) is 21.9 Å². The summed E-state index contributed by atoms with van der Waals surface area (Å²) < 4.78 is 2.57. The second-order valence-electron chi connectivity index (χ2n) is 7.08. The molecule has 0 aliphatic carbocycles. The topological polar surface area (TPSA) is 44.8 Å². The fraction of sp³-hybridized carbons (Fsp3) is 0.474. The maximum Gasteiger partial charge on any atom is 0.159 e. The zero-order chi connectivity index (χ0) is 16.5. The number of rotatable bonds is 4. The molecule has 0 spiro atoms. The Morgan fingerprint density at radius 3 is 3.12 bits per heavy atom. The van der Waals surface area contributed by atoms with Gasteiger partial charge in [-0.2, -0.15) is 0 Å². The monoisotopic (exact) mass is 340 g/mol. The highest BCUT2D eigenvalue weighted by Crippen LogP contribution is 2.36. The molecule has 0 radical (unpaired) electrons. The van der Waals surface area contributed by atoms with Crippen molar-refractivity contribution in [1.29, 1.82) is 0 Å². The molecule has 1 atom stereocenters. The highest BCUT2D eigenvalue weighted by molar-refractivity contribution is 7.97. The molecule has 0 amide bonds. The van der Waals surface area contributed by atoms with E-state index in [1.165, 1.54) is 41.5 Å². The summed E-state index contributed by atoms with van der Waals surface area (Å²) >= 11 is 2.02. The van der Waals surface area contributed by atoms with Gasteiger partial charge in [0.15, 0.2) is 5.65 Å². The zero-order valence-electron chi connectivity index (χ0n) is 14.3. The number of fused-ring (bicyclic) bond motifs is 3. The van der Waals surface area contributed by atoms with Crippen LogP contribution in [-0.4, -0.2) is 38.1 Å². The van der Waals surface area contributed by atoms with Crippen molar-refractivity contribution in [2.45, 2.75) is 32.6 Å². The van der Waals surface area contributed by atoms with Gasteiger partial charge in [0, 0.05) is 42.0 Å². The molecule has 3 aromatic heterocycles. The Hall–Kier alpha value is -1.59. The zero-order valence-corrected chi connectivity index (χ0v) is 15.1. The number of hydrogen-bond acceptors (Lipinski definition) is 4. The van der Waals surface area contributed by atoms with Crippen LogP contribution in [0.3, 0.4) is 0 Å². The van der Waals surface area contributed by atoms with Gasteiger partial charge < -0.3 is 4.98 Å². The van der Waals surface area contributed by atoms with Crippen LogP contribution in [0.5, 0.6) is 0 Å². The van der Waals surface area contributed by atoms with Crippen molar-refractivity contribution in [2.75, 3.05) is 18.8 Å². The predicted octanol–water partition coefficient (Wildman–Crippen LogP) is 4.59. The smallest absolute Gasteiger partial charge is 0.159 e. The molecular weight excluding hydrogens is 316 g/mol. The second kappa shape index (κ2) is 6.73. The molecule has 4 heterocycles. The first-order valence-corrected chi connectivity index (χ1v) is 9.75. The molecule has 1 unspecified atom stereocenters. The molecule has 5 heteroatoms. The molecular formula is C19H24N4S. The van der Waals surface area contributed by atoms with Gasteiger partial charge in [-0.3, -0.25) is 0 Å². The van der Waals surface area contributed by atoms with Gasteiger partial charge in [-0.25, -0.2) is 14.3 Å². The molecule has 1 aliphatic rings. The lowest BCUT2D eigenvalue weighted by atomic mass is 9.89. The average molecular weight is 340 g/mol. The maximum absolute atomic E-state index is 4.46. The van der Waals surface area contributed by atoms with Crippen LogP contribution < -0.4 is 0 Å². The number of nitrogens with zero attached hydrogens (tertiary/aromatic N) is 3. The summed E-state index contributed by atoms with van der Waals surface area (Å²) in [6.45, 7) is 6.93. The van der Waals surface area contributed by atoms with E-state index in [1.807, 2.05) is 24.3 Å². The van der Waals surface area contributed by atoms with E-state index in [9.17, 15) is 0 Å². The fourth-order valence-electron chi connectivity index (χ4n) is 3.59. The number of nitrogens with one attached hydrogen (secondary N) is 1. The highest BCUT2D eigenvalue weighted by Gasteiger charge is 2.24. The second-order valence-corrected chi connectivity index (χ2v) is 8.19. The number of aromatic nitrogens is 3. The summed E-state index contributed by atoms with van der Waals surface area (Å²) in [6.07, 6.45) is 8.36. The van der Waals surface area contributed by atoms with Crippen LogP contribution in [0.1, 0.15) is 38.2 Å².